The average molecular weight is 492 g/mol. The first kappa shape index (κ1) is 25.9. The molecule has 6 nitrogen and oxygen atoms in total. The minimum atomic E-state index is -0.289. The van der Waals surface area contributed by atoms with Crippen LogP contribution in [0.2, 0.25) is 0 Å². The van der Waals surface area contributed by atoms with Crippen molar-refractivity contribution in [1.29, 1.82) is 0 Å². The standard InChI is InChI=1S/C29H38FN5O/c1-5-22(3)34(28(36)19-24-11-8-7-9-12-24)21-27-23(4)31-35(26-14-10-13-25(30)20-26)29(27)33-17-15-32(6-2)16-18-33/h7-14,20,22H,5-6,15-19,21H2,1-4H3/t22-/m0/s1. The van der Waals surface area contributed by atoms with Crippen molar-refractivity contribution in [3.05, 3.63) is 77.2 Å². The van der Waals surface area contributed by atoms with Gasteiger partial charge in [0.2, 0.25) is 5.91 Å². The number of aromatic nitrogens is 2. The number of hydrogen-bond donors (Lipinski definition) is 0. The van der Waals surface area contributed by atoms with Crippen molar-refractivity contribution in [3.63, 3.8) is 0 Å². The lowest BCUT2D eigenvalue weighted by Crippen LogP contribution is -2.47. The molecule has 0 unspecified atom stereocenters. The molecule has 2 heterocycles. The van der Waals surface area contributed by atoms with Crippen LogP contribution < -0.4 is 4.90 Å². The third kappa shape index (κ3) is 5.78. The molecule has 0 spiro atoms. The fourth-order valence-electron chi connectivity index (χ4n) is 4.87. The Morgan fingerprint density at radius 1 is 1.06 bits per heavy atom. The zero-order valence-corrected chi connectivity index (χ0v) is 22.0. The molecule has 1 aromatic heterocycles. The van der Waals surface area contributed by atoms with E-state index in [1.54, 1.807) is 6.07 Å². The summed E-state index contributed by atoms with van der Waals surface area (Å²) in [5.41, 5.74) is 3.61. The van der Waals surface area contributed by atoms with Crippen LogP contribution in [0.5, 0.6) is 0 Å². The number of likely N-dealkylation sites (N-methyl/N-ethyl adjacent to an activating group) is 1. The van der Waals surface area contributed by atoms with Gasteiger partial charge in [-0.25, -0.2) is 9.07 Å². The lowest BCUT2D eigenvalue weighted by Gasteiger charge is -2.37. The monoisotopic (exact) mass is 491 g/mol. The molecule has 0 aliphatic carbocycles. The second-order valence-corrected chi connectivity index (χ2v) is 9.64. The largest absolute Gasteiger partial charge is 0.354 e. The summed E-state index contributed by atoms with van der Waals surface area (Å²) in [4.78, 5) is 20.3. The number of nitrogens with zero attached hydrogens (tertiary/aromatic N) is 5. The molecule has 36 heavy (non-hydrogen) atoms. The van der Waals surface area contributed by atoms with Crippen LogP contribution >= 0.6 is 0 Å². The third-order valence-electron chi connectivity index (χ3n) is 7.30. The third-order valence-corrected chi connectivity index (χ3v) is 7.30. The van der Waals surface area contributed by atoms with Crippen LogP contribution in [-0.4, -0.2) is 64.3 Å². The van der Waals surface area contributed by atoms with Crippen LogP contribution in [-0.2, 0) is 17.8 Å². The van der Waals surface area contributed by atoms with Gasteiger partial charge in [0.25, 0.3) is 0 Å². The van der Waals surface area contributed by atoms with Gasteiger partial charge in [-0.3, -0.25) is 4.79 Å². The second-order valence-electron chi connectivity index (χ2n) is 9.64. The topological polar surface area (TPSA) is 44.6 Å². The Balaban J connectivity index is 1.72. The number of benzene rings is 2. The number of anilines is 1. The van der Waals surface area contributed by atoms with E-state index >= 15 is 0 Å². The van der Waals surface area contributed by atoms with E-state index in [0.29, 0.717) is 18.7 Å². The van der Waals surface area contributed by atoms with E-state index < -0.39 is 0 Å². The van der Waals surface area contributed by atoms with Crippen LogP contribution in [0.4, 0.5) is 10.2 Å². The lowest BCUT2D eigenvalue weighted by molar-refractivity contribution is -0.133. The molecule has 4 rings (SSSR count). The van der Waals surface area contributed by atoms with E-state index in [1.165, 1.54) is 12.1 Å². The Kier molecular flexibility index (Phi) is 8.41. The maximum absolute atomic E-state index is 14.2. The molecule has 1 fully saturated rings. The maximum Gasteiger partial charge on any atom is 0.227 e. The smallest absolute Gasteiger partial charge is 0.227 e. The van der Waals surface area contributed by atoms with Gasteiger partial charge in [0.1, 0.15) is 11.6 Å². The number of halogens is 1. The molecule has 3 aromatic rings. The molecule has 1 amide bonds. The molecule has 7 heteroatoms. The first-order chi connectivity index (χ1) is 17.4. The Hall–Kier alpha value is -3.19. The van der Waals surface area contributed by atoms with Gasteiger partial charge in [-0.15, -0.1) is 0 Å². The van der Waals surface area contributed by atoms with Crippen molar-refractivity contribution >= 4 is 11.7 Å². The van der Waals surface area contributed by atoms with Crippen LogP contribution in [0.1, 0.15) is 44.0 Å². The van der Waals surface area contributed by atoms with Crippen LogP contribution in [0.15, 0.2) is 54.6 Å². The maximum atomic E-state index is 14.2. The number of piperazine rings is 1. The van der Waals surface area contributed by atoms with E-state index in [4.69, 9.17) is 5.10 Å². The van der Waals surface area contributed by atoms with Gasteiger partial charge in [-0.2, -0.15) is 5.10 Å². The van der Waals surface area contributed by atoms with Crippen LogP contribution in [0, 0.1) is 12.7 Å². The SMILES string of the molecule is CC[C@H](C)N(Cc1c(C)nn(-c2cccc(F)c2)c1N1CCN(CC)CC1)C(=O)Cc1ccccc1. The summed E-state index contributed by atoms with van der Waals surface area (Å²) in [5, 5.41) is 4.87. The predicted octanol–water partition coefficient (Wildman–Crippen LogP) is 4.83. The fraction of sp³-hybridized carbons (Fsp3) is 0.448. The van der Waals surface area contributed by atoms with Crippen LogP contribution in [0.25, 0.3) is 5.69 Å². The molecule has 1 atom stereocenters. The summed E-state index contributed by atoms with van der Waals surface area (Å²) in [5.74, 6) is 0.785. The first-order valence-electron chi connectivity index (χ1n) is 13.1. The molecule has 1 aliphatic rings. The quantitative estimate of drug-likeness (QED) is 0.430. The number of aryl methyl sites for hydroxylation is 1. The van der Waals surface area contributed by atoms with Crippen molar-refractivity contribution in [1.82, 2.24) is 19.6 Å². The number of rotatable bonds is 9. The summed E-state index contributed by atoms with van der Waals surface area (Å²) in [7, 11) is 0. The van der Waals surface area contributed by atoms with Crippen molar-refractivity contribution < 1.29 is 9.18 Å². The molecule has 2 aromatic carbocycles. The summed E-state index contributed by atoms with van der Waals surface area (Å²) < 4.78 is 16.1. The van der Waals surface area contributed by atoms with E-state index in [0.717, 1.165) is 61.8 Å². The summed E-state index contributed by atoms with van der Waals surface area (Å²) >= 11 is 0. The van der Waals surface area contributed by atoms with Gasteiger partial charge >= 0.3 is 0 Å². The average Bonchev–Trinajstić information content (AvgIpc) is 3.23. The van der Waals surface area contributed by atoms with Gasteiger partial charge in [0.15, 0.2) is 0 Å². The Bertz CT molecular complexity index is 1150. The Morgan fingerprint density at radius 2 is 1.78 bits per heavy atom. The number of amides is 1. The highest BCUT2D eigenvalue weighted by Crippen LogP contribution is 2.31. The van der Waals surface area contributed by atoms with E-state index in [2.05, 4.69) is 30.6 Å². The van der Waals surface area contributed by atoms with Crippen molar-refractivity contribution in [3.8, 4) is 5.69 Å². The zero-order chi connectivity index (χ0) is 25.7. The van der Waals surface area contributed by atoms with Crippen molar-refractivity contribution in [2.24, 2.45) is 0 Å². The summed E-state index contributed by atoms with van der Waals surface area (Å²) in [6, 6.07) is 16.6. The first-order valence-corrected chi connectivity index (χ1v) is 13.1. The molecule has 0 N–H and O–H groups in total. The zero-order valence-electron chi connectivity index (χ0n) is 22.0. The van der Waals surface area contributed by atoms with Gasteiger partial charge in [0, 0.05) is 37.8 Å². The highest BCUT2D eigenvalue weighted by Gasteiger charge is 2.29. The minimum Gasteiger partial charge on any atom is -0.354 e. The van der Waals surface area contributed by atoms with E-state index in [1.807, 2.05) is 52.9 Å². The Labute approximate surface area is 214 Å². The predicted molar refractivity (Wildman–Crippen MR) is 143 cm³/mol. The molecule has 0 radical (unpaired) electrons. The van der Waals surface area contributed by atoms with E-state index in [-0.39, 0.29) is 17.8 Å². The summed E-state index contributed by atoms with van der Waals surface area (Å²) in [6.45, 7) is 13.6. The molecular weight excluding hydrogens is 453 g/mol. The van der Waals surface area contributed by atoms with Crippen molar-refractivity contribution in [2.45, 2.75) is 53.1 Å². The van der Waals surface area contributed by atoms with Gasteiger partial charge in [-0.1, -0.05) is 50.2 Å². The van der Waals surface area contributed by atoms with Crippen LogP contribution in [0.3, 0.4) is 0 Å². The van der Waals surface area contributed by atoms with Crippen molar-refractivity contribution in [2.75, 3.05) is 37.6 Å². The highest BCUT2D eigenvalue weighted by atomic mass is 19.1. The molecular formula is C29H38FN5O. The number of hydrogen-bond acceptors (Lipinski definition) is 4. The molecule has 192 valence electrons. The molecule has 0 bridgehead atoms. The second kappa shape index (κ2) is 11.7. The number of carbonyl (C=O) groups is 1. The van der Waals surface area contributed by atoms with Gasteiger partial charge in [-0.05, 0) is 50.6 Å². The van der Waals surface area contributed by atoms with E-state index in [9.17, 15) is 9.18 Å². The fourth-order valence-corrected chi connectivity index (χ4v) is 4.87. The molecule has 1 saturated heterocycles. The summed E-state index contributed by atoms with van der Waals surface area (Å²) in [6.07, 6.45) is 1.23. The molecule has 0 saturated carbocycles. The van der Waals surface area contributed by atoms with Gasteiger partial charge < -0.3 is 14.7 Å². The lowest BCUT2D eigenvalue weighted by atomic mass is 10.1. The minimum absolute atomic E-state index is 0.0860. The normalized spacial score (nSPS) is 15.2. The number of carbonyl (C=O) groups excluding carboxylic acids is 1. The highest BCUT2D eigenvalue weighted by molar-refractivity contribution is 5.79. The van der Waals surface area contributed by atoms with Gasteiger partial charge in [0.05, 0.1) is 24.3 Å². The Morgan fingerprint density at radius 3 is 2.42 bits per heavy atom. The molecule has 1 aliphatic heterocycles.